The van der Waals surface area contributed by atoms with E-state index in [9.17, 15) is 4.79 Å². The summed E-state index contributed by atoms with van der Waals surface area (Å²) in [7, 11) is 0. The third-order valence-corrected chi connectivity index (χ3v) is 3.90. The summed E-state index contributed by atoms with van der Waals surface area (Å²) >= 11 is 0. The molecule has 1 amide bonds. The number of nitrogens with one attached hydrogen (secondary N) is 1. The first kappa shape index (κ1) is 15.2. The fourth-order valence-corrected chi connectivity index (χ4v) is 2.76. The van der Waals surface area contributed by atoms with Crippen LogP contribution in [0.4, 0.5) is 0 Å². The maximum Gasteiger partial charge on any atom is 0.249 e. The summed E-state index contributed by atoms with van der Waals surface area (Å²) in [6.07, 6.45) is 3.45. The van der Waals surface area contributed by atoms with Crippen molar-refractivity contribution in [3.8, 4) is 11.5 Å². The van der Waals surface area contributed by atoms with Crippen LogP contribution in [-0.2, 0) is 17.9 Å². The molecule has 126 valence electrons. The van der Waals surface area contributed by atoms with Crippen molar-refractivity contribution in [2.75, 3.05) is 0 Å². The van der Waals surface area contributed by atoms with E-state index in [0.717, 1.165) is 16.5 Å². The molecule has 0 saturated carbocycles. The van der Waals surface area contributed by atoms with Gasteiger partial charge in [-0.15, -0.1) is 10.2 Å². The van der Waals surface area contributed by atoms with Gasteiger partial charge in [0, 0.05) is 24.0 Å². The highest BCUT2D eigenvalue weighted by Gasteiger charge is 2.16. The molecule has 1 aromatic carbocycles. The largest absolute Gasteiger partial charge is 0.467 e. The summed E-state index contributed by atoms with van der Waals surface area (Å²) in [6.45, 7) is 2.30. The molecule has 0 aliphatic rings. The van der Waals surface area contributed by atoms with E-state index in [-0.39, 0.29) is 12.5 Å². The number of carbonyl (C=O) groups is 1. The van der Waals surface area contributed by atoms with Crippen molar-refractivity contribution in [2.24, 2.45) is 0 Å². The molecule has 1 N–H and O–H groups in total. The number of fused-ring (bicyclic) bond motifs is 1. The quantitative estimate of drug-likeness (QED) is 0.605. The molecule has 4 aromatic rings. The van der Waals surface area contributed by atoms with Gasteiger partial charge in [-0.1, -0.05) is 18.2 Å². The molecule has 4 rings (SSSR count). The standard InChI is InChI=1S/C18H16N4O3/c1-12-20-21-18(25-12)15-10-22(16-7-3-2-6-14(15)16)11-17(23)19-9-13-5-4-8-24-13/h2-8,10H,9,11H2,1H3,(H,19,23). The lowest BCUT2D eigenvalue weighted by Crippen LogP contribution is -2.26. The number of rotatable bonds is 5. The summed E-state index contributed by atoms with van der Waals surface area (Å²) in [6, 6.07) is 11.4. The van der Waals surface area contributed by atoms with Crippen LogP contribution in [0.25, 0.3) is 22.4 Å². The van der Waals surface area contributed by atoms with Gasteiger partial charge < -0.3 is 18.7 Å². The van der Waals surface area contributed by atoms with Gasteiger partial charge in [0.2, 0.25) is 17.7 Å². The van der Waals surface area contributed by atoms with Crippen LogP contribution < -0.4 is 5.32 Å². The van der Waals surface area contributed by atoms with Crippen molar-refractivity contribution in [1.82, 2.24) is 20.1 Å². The SMILES string of the molecule is Cc1nnc(-c2cn(CC(=O)NCc3ccco3)c3ccccc23)o1. The Morgan fingerprint density at radius 3 is 2.84 bits per heavy atom. The van der Waals surface area contributed by atoms with E-state index in [1.54, 1.807) is 19.3 Å². The number of carbonyl (C=O) groups excluding carboxylic acids is 1. The normalized spacial score (nSPS) is 11.1. The van der Waals surface area contributed by atoms with E-state index in [2.05, 4.69) is 15.5 Å². The Morgan fingerprint density at radius 2 is 2.08 bits per heavy atom. The second-order valence-corrected chi connectivity index (χ2v) is 5.67. The fraction of sp³-hybridized carbons (Fsp3) is 0.167. The van der Waals surface area contributed by atoms with Crippen LogP contribution in [0.3, 0.4) is 0 Å². The molecule has 7 nitrogen and oxygen atoms in total. The van der Waals surface area contributed by atoms with Crippen LogP contribution in [0.2, 0.25) is 0 Å². The van der Waals surface area contributed by atoms with Crippen molar-refractivity contribution in [3.63, 3.8) is 0 Å². The highest BCUT2D eigenvalue weighted by atomic mass is 16.4. The van der Waals surface area contributed by atoms with E-state index >= 15 is 0 Å². The number of para-hydroxylation sites is 1. The van der Waals surface area contributed by atoms with Crippen LogP contribution >= 0.6 is 0 Å². The number of hydrogen-bond acceptors (Lipinski definition) is 5. The predicted molar refractivity (Wildman–Crippen MR) is 90.5 cm³/mol. The van der Waals surface area contributed by atoms with Crippen molar-refractivity contribution < 1.29 is 13.6 Å². The average Bonchev–Trinajstić information content (AvgIpc) is 3.34. The Bertz CT molecular complexity index is 1010. The summed E-state index contributed by atoms with van der Waals surface area (Å²) in [5, 5.41) is 11.8. The lowest BCUT2D eigenvalue weighted by molar-refractivity contribution is -0.121. The fourth-order valence-electron chi connectivity index (χ4n) is 2.76. The number of nitrogens with zero attached hydrogens (tertiary/aromatic N) is 3. The van der Waals surface area contributed by atoms with Gasteiger partial charge in [0.1, 0.15) is 12.3 Å². The van der Waals surface area contributed by atoms with Crippen LogP contribution in [0.1, 0.15) is 11.7 Å². The monoisotopic (exact) mass is 336 g/mol. The maximum atomic E-state index is 12.3. The lowest BCUT2D eigenvalue weighted by Gasteiger charge is -2.06. The van der Waals surface area contributed by atoms with Crippen LogP contribution in [0, 0.1) is 6.92 Å². The van der Waals surface area contributed by atoms with E-state index in [4.69, 9.17) is 8.83 Å². The molecular weight excluding hydrogens is 320 g/mol. The second kappa shape index (κ2) is 6.27. The van der Waals surface area contributed by atoms with Crippen molar-refractivity contribution in [1.29, 1.82) is 0 Å². The minimum absolute atomic E-state index is 0.106. The predicted octanol–water partition coefficient (Wildman–Crippen LogP) is 2.91. The smallest absolute Gasteiger partial charge is 0.249 e. The number of amides is 1. The molecule has 0 aliphatic carbocycles. The first-order chi connectivity index (χ1) is 12.2. The Morgan fingerprint density at radius 1 is 1.20 bits per heavy atom. The molecular formula is C18H16N4O3. The topological polar surface area (TPSA) is 86.1 Å². The van der Waals surface area contributed by atoms with E-state index in [1.165, 1.54) is 0 Å². The van der Waals surface area contributed by atoms with Crippen molar-refractivity contribution in [3.05, 3.63) is 60.5 Å². The molecule has 0 atom stereocenters. The number of aryl methyl sites for hydroxylation is 1. The highest BCUT2D eigenvalue weighted by Crippen LogP contribution is 2.29. The van der Waals surface area contributed by atoms with Crippen LogP contribution in [0.5, 0.6) is 0 Å². The molecule has 7 heteroatoms. The Kier molecular flexibility index (Phi) is 3.81. The Hall–Kier alpha value is -3.35. The summed E-state index contributed by atoms with van der Waals surface area (Å²) in [5.41, 5.74) is 1.75. The van der Waals surface area contributed by atoms with E-state index < -0.39 is 0 Å². The highest BCUT2D eigenvalue weighted by molar-refractivity contribution is 5.94. The van der Waals surface area contributed by atoms with Gasteiger partial charge >= 0.3 is 0 Å². The zero-order chi connectivity index (χ0) is 17.2. The molecule has 3 heterocycles. The molecule has 0 fully saturated rings. The molecule has 0 spiro atoms. The molecule has 0 saturated heterocycles. The molecule has 3 aromatic heterocycles. The number of aromatic nitrogens is 3. The molecule has 0 unspecified atom stereocenters. The van der Waals surface area contributed by atoms with Gasteiger partial charge in [-0.2, -0.15) is 0 Å². The molecule has 0 bridgehead atoms. The minimum atomic E-state index is -0.106. The van der Waals surface area contributed by atoms with Gasteiger partial charge in [0.15, 0.2) is 0 Å². The van der Waals surface area contributed by atoms with Crippen LogP contribution in [0.15, 0.2) is 57.7 Å². The van der Waals surface area contributed by atoms with E-state index in [1.807, 2.05) is 41.1 Å². The van der Waals surface area contributed by atoms with Crippen LogP contribution in [-0.4, -0.2) is 20.7 Å². The average molecular weight is 336 g/mol. The Labute approximate surface area is 143 Å². The zero-order valence-corrected chi connectivity index (χ0v) is 13.6. The van der Waals surface area contributed by atoms with Gasteiger partial charge in [-0.3, -0.25) is 4.79 Å². The van der Waals surface area contributed by atoms with Gasteiger partial charge in [0.25, 0.3) is 0 Å². The first-order valence-corrected chi connectivity index (χ1v) is 7.88. The van der Waals surface area contributed by atoms with Gasteiger partial charge in [0.05, 0.1) is 18.4 Å². The summed E-state index contributed by atoms with van der Waals surface area (Å²) in [4.78, 5) is 12.3. The number of hydrogen-bond donors (Lipinski definition) is 1. The number of benzene rings is 1. The van der Waals surface area contributed by atoms with Crippen molar-refractivity contribution >= 4 is 16.8 Å². The van der Waals surface area contributed by atoms with Gasteiger partial charge in [-0.25, -0.2) is 0 Å². The summed E-state index contributed by atoms with van der Waals surface area (Å²) < 4.78 is 12.6. The zero-order valence-electron chi connectivity index (χ0n) is 13.6. The maximum absolute atomic E-state index is 12.3. The molecule has 0 radical (unpaired) electrons. The molecule has 0 aliphatic heterocycles. The van der Waals surface area contributed by atoms with Gasteiger partial charge in [-0.05, 0) is 18.2 Å². The third-order valence-electron chi connectivity index (χ3n) is 3.90. The number of furan rings is 1. The summed E-state index contributed by atoms with van der Waals surface area (Å²) in [5.74, 6) is 1.56. The van der Waals surface area contributed by atoms with E-state index in [0.29, 0.717) is 24.1 Å². The minimum Gasteiger partial charge on any atom is -0.467 e. The molecule has 25 heavy (non-hydrogen) atoms. The first-order valence-electron chi connectivity index (χ1n) is 7.88. The lowest BCUT2D eigenvalue weighted by atomic mass is 10.2. The second-order valence-electron chi connectivity index (χ2n) is 5.67. The van der Waals surface area contributed by atoms with Crippen molar-refractivity contribution in [2.45, 2.75) is 20.0 Å². The third kappa shape index (κ3) is 3.03. The Balaban J connectivity index is 1.60.